The highest BCUT2D eigenvalue weighted by atomic mass is 35.5. The number of halogens is 1. The minimum absolute atomic E-state index is 0.123. The molecule has 2 rings (SSSR count). The van der Waals surface area contributed by atoms with E-state index in [0.29, 0.717) is 22.2 Å². The number of carbonyl (C=O) groups is 1. The summed E-state index contributed by atoms with van der Waals surface area (Å²) < 4.78 is 0. The first kappa shape index (κ1) is 16.2. The summed E-state index contributed by atoms with van der Waals surface area (Å²) in [5.41, 5.74) is 7.02. The number of hydrogen-bond donors (Lipinski definition) is 2. The number of rotatable bonds is 5. The van der Waals surface area contributed by atoms with E-state index >= 15 is 0 Å². The van der Waals surface area contributed by atoms with Gasteiger partial charge in [0.05, 0.1) is 10.6 Å². The number of hydrogen-bond acceptors (Lipinski definition) is 2. The lowest BCUT2D eigenvalue weighted by Crippen LogP contribution is -2.37. The zero-order valence-corrected chi connectivity index (χ0v) is 13.7. The molecule has 1 aromatic rings. The van der Waals surface area contributed by atoms with E-state index in [4.69, 9.17) is 17.3 Å². The van der Waals surface area contributed by atoms with Crippen LogP contribution in [0.2, 0.25) is 5.02 Å². The van der Waals surface area contributed by atoms with E-state index < -0.39 is 0 Å². The molecule has 0 heterocycles. The molecule has 1 aromatic carbocycles. The van der Waals surface area contributed by atoms with Crippen molar-refractivity contribution in [1.82, 2.24) is 5.32 Å². The summed E-state index contributed by atoms with van der Waals surface area (Å²) in [6.45, 7) is 5.22. The van der Waals surface area contributed by atoms with Crippen LogP contribution in [0.4, 0.5) is 5.69 Å². The first-order valence-corrected chi connectivity index (χ1v) is 8.13. The van der Waals surface area contributed by atoms with Crippen molar-refractivity contribution in [3.63, 3.8) is 0 Å². The van der Waals surface area contributed by atoms with Crippen molar-refractivity contribution < 1.29 is 4.79 Å². The Bertz CT molecular complexity index is 508. The SMILES string of the molecule is CC(C)CC1(CNC(=O)c2cc(N)ccc2Cl)CCCC1. The summed E-state index contributed by atoms with van der Waals surface area (Å²) in [5.74, 6) is 0.526. The van der Waals surface area contributed by atoms with E-state index in [1.807, 2.05) is 0 Å². The van der Waals surface area contributed by atoms with Crippen LogP contribution < -0.4 is 11.1 Å². The minimum Gasteiger partial charge on any atom is -0.399 e. The van der Waals surface area contributed by atoms with Gasteiger partial charge >= 0.3 is 0 Å². The van der Waals surface area contributed by atoms with Gasteiger partial charge in [-0.05, 0) is 48.8 Å². The van der Waals surface area contributed by atoms with Crippen molar-refractivity contribution in [2.45, 2.75) is 46.0 Å². The molecule has 0 atom stereocenters. The molecule has 0 aliphatic heterocycles. The van der Waals surface area contributed by atoms with Crippen LogP contribution >= 0.6 is 11.6 Å². The molecule has 116 valence electrons. The molecule has 3 N–H and O–H groups in total. The highest BCUT2D eigenvalue weighted by Gasteiger charge is 2.34. The molecule has 1 aliphatic carbocycles. The molecule has 0 spiro atoms. The molecule has 1 amide bonds. The van der Waals surface area contributed by atoms with Crippen LogP contribution in [0.25, 0.3) is 0 Å². The Morgan fingerprint density at radius 1 is 1.38 bits per heavy atom. The summed E-state index contributed by atoms with van der Waals surface area (Å²) in [4.78, 5) is 12.4. The van der Waals surface area contributed by atoms with E-state index in [1.165, 1.54) is 25.7 Å². The second-order valence-corrected chi connectivity index (χ2v) is 7.13. The Kier molecular flexibility index (Phi) is 5.15. The van der Waals surface area contributed by atoms with Gasteiger partial charge in [-0.25, -0.2) is 0 Å². The van der Waals surface area contributed by atoms with E-state index in [2.05, 4.69) is 19.2 Å². The van der Waals surface area contributed by atoms with Crippen LogP contribution in [-0.4, -0.2) is 12.5 Å². The van der Waals surface area contributed by atoms with Gasteiger partial charge in [0.2, 0.25) is 0 Å². The fourth-order valence-electron chi connectivity index (χ4n) is 3.52. The van der Waals surface area contributed by atoms with Crippen molar-refractivity contribution in [2.75, 3.05) is 12.3 Å². The Hall–Kier alpha value is -1.22. The zero-order chi connectivity index (χ0) is 15.5. The van der Waals surface area contributed by atoms with Crippen molar-refractivity contribution in [1.29, 1.82) is 0 Å². The van der Waals surface area contributed by atoms with Gasteiger partial charge in [0.1, 0.15) is 0 Å². The molecule has 0 radical (unpaired) electrons. The molecule has 0 bridgehead atoms. The van der Waals surface area contributed by atoms with E-state index in [0.717, 1.165) is 13.0 Å². The molecule has 0 aromatic heterocycles. The fourth-order valence-corrected chi connectivity index (χ4v) is 3.73. The molecule has 1 aliphatic rings. The average molecular weight is 309 g/mol. The predicted molar refractivity (Wildman–Crippen MR) is 88.6 cm³/mol. The lowest BCUT2D eigenvalue weighted by atomic mass is 9.78. The molecular formula is C17H25ClN2O. The molecule has 0 unspecified atom stereocenters. The van der Waals surface area contributed by atoms with Crippen LogP contribution in [0, 0.1) is 11.3 Å². The fraction of sp³-hybridized carbons (Fsp3) is 0.588. The van der Waals surface area contributed by atoms with E-state index in [9.17, 15) is 4.79 Å². The summed E-state index contributed by atoms with van der Waals surface area (Å²) in [7, 11) is 0. The lowest BCUT2D eigenvalue weighted by molar-refractivity contribution is 0.0922. The van der Waals surface area contributed by atoms with Crippen LogP contribution in [0.1, 0.15) is 56.3 Å². The van der Waals surface area contributed by atoms with Crippen molar-refractivity contribution >= 4 is 23.2 Å². The topological polar surface area (TPSA) is 55.1 Å². The number of nitrogens with one attached hydrogen (secondary N) is 1. The smallest absolute Gasteiger partial charge is 0.252 e. The largest absolute Gasteiger partial charge is 0.399 e. The van der Waals surface area contributed by atoms with Crippen LogP contribution in [0.15, 0.2) is 18.2 Å². The Labute approximate surface area is 132 Å². The Balaban J connectivity index is 2.03. The van der Waals surface area contributed by atoms with Crippen molar-refractivity contribution in [3.8, 4) is 0 Å². The number of benzene rings is 1. The molecular weight excluding hydrogens is 284 g/mol. The maximum atomic E-state index is 12.4. The minimum atomic E-state index is -0.123. The van der Waals surface area contributed by atoms with E-state index in [-0.39, 0.29) is 11.3 Å². The quantitative estimate of drug-likeness (QED) is 0.799. The molecule has 3 nitrogen and oxygen atoms in total. The third-order valence-corrected chi connectivity index (χ3v) is 4.69. The van der Waals surface area contributed by atoms with Crippen LogP contribution in [0.5, 0.6) is 0 Å². The maximum Gasteiger partial charge on any atom is 0.252 e. The van der Waals surface area contributed by atoms with Gasteiger partial charge in [-0.15, -0.1) is 0 Å². The molecule has 1 saturated carbocycles. The third-order valence-electron chi connectivity index (χ3n) is 4.36. The number of amides is 1. The van der Waals surface area contributed by atoms with Gasteiger partial charge < -0.3 is 11.1 Å². The van der Waals surface area contributed by atoms with E-state index in [1.54, 1.807) is 18.2 Å². The summed E-state index contributed by atoms with van der Waals surface area (Å²) in [6, 6.07) is 5.02. The second kappa shape index (κ2) is 6.69. The standard InChI is InChI=1S/C17H25ClN2O/c1-12(2)10-17(7-3-4-8-17)11-20-16(21)14-9-13(19)5-6-15(14)18/h5-6,9,12H,3-4,7-8,10-11,19H2,1-2H3,(H,20,21). The Morgan fingerprint density at radius 3 is 2.67 bits per heavy atom. The van der Waals surface area contributed by atoms with Crippen LogP contribution in [0.3, 0.4) is 0 Å². The van der Waals surface area contributed by atoms with Gasteiger partial charge in [0, 0.05) is 12.2 Å². The van der Waals surface area contributed by atoms with Gasteiger partial charge in [-0.2, -0.15) is 0 Å². The van der Waals surface area contributed by atoms with Crippen molar-refractivity contribution in [3.05, 3.63) is 28.8 Å². The maximum absolute atomic E-state index is 12.4. The molecule has 0 saturated heterocycles. The highest BCUT2D eigenvalue weighted by Crippen LogP contribution is 2.42. The monoisotopic (exact) mass is 308 g/mol. The van der Waals surface area contributed by atoms with Gasteiger partial charge in [-0.1, -0.05) is 38.3 Å². The number of carbonyl (C=O) groups excluding carboxylic acids is 1. The van der Waals surface area contributed by atoms with Gasteiger partial charge in [-0.3, -0.25) is 4.79 Å². The average Bonchev–Trinajstić information content (AvgIpc) is 2.87. The molecule has 21 heavy (non-hydrogen) atoms. The molecule has 4 heteroatoms. The third kappa shape index (κ3) is 4.13. The zero-order valence-electron chi connectivity index (χ0n) is 12.9. The first-order chi connectivity index (χ1) is 9.92. The van der Waals surface area contributed by atoms with Crippen molar-refractivity contribution in [2.24, 2.45) is 11.3 Å². The Morgan fingerprint density at radius 2 is 2.05 bits per heavy atom. The van der Waals surface area contributed by atoms with Gasteiger partial charge in [0.25, 0.3) is 5.91 Å². The molecule has 1 fully saturated rings. The van der Waals surface area contributed by atoms with Gasteiger partial charge in [0.15, 0.2) is 0 Å². The number of anilines is 1. The number of nitrogen functional groups attached to an aromatic ring is 1. The normalized spacial score (nSPS) is 17.1. The first-order valence-electron chi connectivity index (χ1n) is 7.75. The van der Waals surface area contributed by atoms with Crippen LogP contribution in [-0.2, 0) is 0 Å². The summed E-state index contributed by atoms with van der Waals surface area (Å²) in [5, 5.41) is 3.53. The predicted octanol–water partition coefficient (Wildman–Crippen LogP) is 4.26. The number of nitrogens with two attached hydrogens (primary N) is 1. The lowest BCUT2D eigenvalue weighted by Gasteiger charge is -2.31. The second-order valence-electron chi connectivity index (χ2n) is 6.73. The summed E-state index contributed by atoms with van der Waals surface area (Å²) >= 11 is 6.09. The summed E-state index contributed by atoms with van der Waals surface area (Å²) in [6.07, 6.45) is 6.10. The highest BCUT2D eigenvalue weighted by molar-refractivity contribution is 6.34.